The molecule has 0 spiro atoms. The zero-order valence-corrected chi connectivity index (χ0v) is 17.6. The molecule has 0 aromatic heterocycles. The van der Waals surface area contributed by atoms with E-state index in [9.17, 15) is 19.5 Å². The molecule has 0 atom stereocenters. The highest BCUT2D eigenvalue weighted by Gasteiger charge is 2.30. The lowest BCUT2D eigenvalue weighted by Crippen LogP contribution is -2.48. The Balaban J connectivity index is 1.93. The number of carbonyl (C=O) groups excluding carboxylic acids is 2. The summed E-state index contributed by atoms with van der Waals surface area (Å²) in [5.74, 6) is -1.31. The first-order valence-electron chi connectivity index (χ1n) is 9.79. The van der Waals surface area contributed by atoms with Gasteiger partial charge in [0, 0.05) is 31.8 Å². The molecule has 7 nitrogen and oxygen atoms in total. The molecular weight excluding hydrogens is 372 g/mol. The number of carboxylic acid groups (broad SMARTS) is 1. The Labute approximate surface area is 171 Å². The number of likely N-dealkylation sites (tertiary alicyclic amines) is 1. The van der Waals surface area contributed by atoms with Crippen molar-refractivity contribution in [3.05, 3.63) is 41.5 Å². The summed E-state index contributed by atoms with van der Waals surface area (Å²) in [6, 6.07) is 9.07. The standard InChI is InChI=1S/C22H30N2O5/c1-22(2,3)29-21(28)23(4)18-10-12-24(13-11-18)19(25)15-17(20(26)27)14-16-8-6-5-7-9-16/h5-9,14,18H,10-13,15H2,1-4H3,(H,26,27)/b17-14-. The van der Waals surface area contributed by atoms with Gasteiger partial charge in [0.2, 0.25) is 5.91 Å². The van der Waals surface area contributed by atoms with Crippen LogP contribution in [0.4, 0.5) is 4.79 Å². The molecule has 0 bridgehead atoms. The van der Waals surface area contributed by atoms with Crippen molar-refractivity contribution < 1.29 is 24.2 Å². The van der Waals surface area contributed by atoms with Crippen molar-refractivity contribution in [2.24, 2.45) is 0 Å². The van der Waals surface area contributed by atoms with Crippen LogP contribution in [0.5, 0.6) is 0 Å². The molecule has 1 aliphatic rings. The molecule has 158 valence electrons. The molecule has 29 heavy (non-hydrogen) atoms. The molecule has 0 radical (unpaired) electrons. The van der Waals surface area contributed by atoms with Crippen LogP contribution >= 0.6 is 0 Å². The number of rotatable bonds is 5. The Kier molecular flexibility index (Phi) is 7.42. The zero-order valence-electron chi connectivity index (χ0n) is 17.6. The maximum absolute atomic E-state index is 12.6. The molecule has 1 heterocycles. The first-order chi connectivity index (χ1) is 13.6. The van der Waals surface area contributed by atoms with Crippen LogP contribution < -0.4 is 0 Å². The van der Waals surface area contributed by atoms with E-state index in [1.807, 2.05) is 39.0 Å². The second-order valence-electron chi connectivity index (χ2n) is 8.27. The molecular formula is C22H30N2O5. The van der Waals surface area contributed by atoms with E-state index in [1.54, 1.807) is 29.0 Å². The lowest BCUT2D eigenvalue weighted by atomic mass is 10.0. The van der Waals surface area contributed by atoms with Gasteiger partial charge in [0.25, 0.3) is 0 Å². The number of ether oxygens (including phenoxy) is 1. The largest absolute Gasteiger partial charge is 0.478 e. The van der Waals surface area contributed by atoms with E-state index in [2.05, 4.69) is 0 Å². The van der Waals surface area contributed by atoms with Gasteiger partial charge in [0.05, 0.1) is 6.42 Å². The van der Waals surface area contributed by atoms with E-state index in [-0.39, 0.29) is 30.0 Å². The highest BCUT2D eigenvalue weighted by molar-refractivity contribution is 5.98. The zero-order chi connectivity index (χ0) is 21.6. The fourth-order valence-corrected chi connectivity index (χ4v) is 3.20. The van der Waals surface area contributed by atoms with Crippen LogP contribution in [0, 0.1) is 0 Å². The van der Waals surface area contributed by atoms with Gasteiger partial charge in [0.1, 0.15) is 5.60 Å². The highest BCUT2D eigenvalue weighted by Crippen LogP contribution is 2.20. The second-order valence-corrected chi connectivity index (χ2v) is 8.27. The molecule has 0 unspecified atom stereocenters. The molecule has 1 aromatic carbocycles. The first kappa shape index (κ1) is 22.5. The van der Waals surface area contributed by atoms with Gasteiger partial charge < -0.3 is 19.6 Å². The van der Waals surface area contributed by atoms with Gasteiger partial charge in [-0.3, -0.25) is 4.79 Å². The van der Waals surface area contributed by atoms with Gasteiger partial charge in [-0.15, -0.1) is 0 Å². The summed E-state index contributed by atoms with van der Waals surface area (Å²) in [7, 11) is 1.71. The second kappa shape index (κ2) is 9.58. The van der Waals surface area contributed by atoms with E-state index in [1.165, 1.54) is 6.08 Å². The summed E-state index contributed by atoms with van der Waals surface area (Å²) in [5, 5.41) is 9.45. The van der Waals surface area contributed by atoms with E-state index in [0.717, 1.165) is 5.56 Å². The van der Waals surface area contributed by atoms with Crippen molar-refractivity contribution >= 4 is 24.0 Å². The summed E-state index contributed by atoms with van der Waals surface area (Å²) in [4.78, 5) is 39.6. The van der Waals surface area contributed by atoms with Gasteiger partial charge in [0.15, 0.2) is 0 Å². The Hall–Kier alpha value is -2.83. The van der Waals surface area contributed by atoms with Gasteiger partial charge in [-0.2, -0.15) is 0 Å². The minimum absolute atomic E-state index is 0.00675. The van der Waals surface area contributed by atoms with Crippen molar-refractivity contribution in [1.29, 1.82) is 0 Å². The van der Waals surface area contributed by atoms with E-state index < -0.39 is 11.6 Å². The number of carbonyl (C=O) groups is 3. The summed E-state index contributed by atoms with van der Waals surface area (Å²) >= 11 is 0. The molecule has 2 rings (SSSR count). The number of aliphatic carboxylic acids is 1. The molecule has 2 amide bonds. The van der Waals surface area contributed by atoms with Crippen molar-refractivity contribution in [1.82, 2.24) is 9.80 Å². The van der Waals surface area contributed by atoms with Crippen LogP contribution in [0.1, 0.15) is 45.6 Å². The molecule has 0 aliphatic carbocycles. The number of benzene rings is 1. The third kappa shape index (κ3) is 6.93. The van der Waals surface area contributed by atoms with Crippen LogP contribution in [0.2, 0.25) is 0 Å². The summed E-state index contributed by atoms with van der Waals surface area (Å²) in [6.07, 6.45) is 2.26. The van der Waals surface area contributed by atoms with Crippen LogP contribution in [0.15, 0.2) is 35.9 Å². The van der Waals surface area contributed by atoms with Gasteiger partial charge in [-0.25, -0.2) is 9.59 Å². The SMILES string of the molecule is CN(C(=O)OC(C)(C)C)C1CCN(C(=O)C/C(=C/c2ccccc2)C(=O)O)CC1. The van der Waals surface area contributed by atoms with Gasteiger partial charge in [-0.1, -0.05) is 30.3 Å². The van der Waals surface area contributed by atoms with E-state index >= 15 is 0 Å². The minimum atomic E-state index is -1.10. The first-order valence-corrected chi connectivity index (χ1v) is 9.79. The van der Waals surface area contributed by atoms with Crippen LogP contribution in [0.25, 0.3) is 6.08 Å². The Morgan fingerprint density at radius 1 is 1.17 bits per heavy atom. The smallest absolute Gasteiger partial charge is 0.410 e. The average molecular weight is 402 g/mol. The fraction of sp³-hybridized carbons (Fsp3) is 0.500. The molecule has 7 heteroatoms. The van der Waals surface area contributed by atoms with E-state index in [0.29, 0.717) is 25.9 Å². The number of carboxylic acids is 1. The molecule has 1 aliphatic heterocycles. The van der Waals surface area contributed by atoms with Gasteiger partial charge in [-0.05, 0) is 45.3 Å². The van der Waals surface area contributed by atoms with Crippen molar-refractivity contribution in [3.63, 3.8) is 0 Å². The number of piperidine rings is 1. The molecule has 1 aromatic rings. The highest BCUT2D eigenvalue weighted by atomic mass is 16.6. The van der Waals surface area contributed by atoms with Crippen molar-refractivity contribution in [2.75, 3.05) is 20.1 Å². The topological polar surface area (TPSA) is 87.2 Å². The van der Waals surface area contributed by atoms with E-state index in [4.69, 9.17) is 4.74 Å². The van der Waals surface area contributed by atoms with Crippen LogP contribution in [-0.4, -0.2) is 64.7 Å². The lowest BCUT2D eigenvalue weighted by molar-refractivity contribution is -0.137. The average Bonchev–Trinajstić information content (AvgIpc) is 2.66. The Bertz CT molecular complexity index is 759. The number of hydrogen-bond acceptors (Lipinski definition) is 4. The molecule has 1 fully saturated rings. The predicted octanol–water partition coefficient (Wildman–Crippen LogP) is 3.40. The Morgan fingerprint density at radius 3 is 2.28 bits per heavy atom. The minimum Gasteiger partial charge on any atom is -0.478 e. The van der Waals surface area contributed by atoms with Crippen molar-refractivity contribution in [2.45, 2.75) is 51.7 Å². The number of nitrogens with zero attached hydrogens (tertiary/aromatic N) is 2. The normalized spacial score (nSPS) is 15.7. The maximum Gasteiger partial charge on any atom is 0.410 e. The fourth-order valence-electron chi connectivity index (χ4n) is 3.20. The summed E-state index contributed by atoms with van der Waals surface area (Å²) < 4.78 is 5.40. The number of hydrogen-bond donors (Lipinski definition) is 1. The van der Waals surface area contributed by atoms with Crippen LogP contribution in [-0.2, 0) is 14.3 Å². The molecule has 1 N–H and O–H groups in total. The monoisotopic (exact) mass is 402 g/mol. The lowest BCUT2D eigenvalue weighted by Gasteiger charge is -2.37. The Morgan fingerprint density at radius 2 is 1.76 bits per heavy atom. The quantitative estimate of drug-likeness (QED) is 0.763. The molecule has 0 saturated carbocycles. The number of amides is 2. The van der Waals surface area contributed by atoms with Crippen LogP contribution in [0.3, 0.4) is 0 Å². The third-order valence-corrected chi connectivity index (χ3v) is 4.80. The maximum atomic E-state index is 12.6. The molecule has 1 saturated heterocycles. The summed E-state index contributed by atoms with van der Waals surface area (Å²) in [6.45, 7) is 6.43. The van der Waals surface area contributed by atoms with Crippen molar-refractivity contribution in [3.8, 4) is 0 Å². The van der Waals surface area contributed by atoms with Gasteiger partial charge >= 0.3 is 12.1 Å². The third-order valence-electron chi connectivity index (χ3n) is 4.80. The predicted molar refractivity (Wildman–Crippen MR) is 110 cm³/mol. The summed E-state index contributed by atoms with van der Waals surface area (Å²) in [5.41, 5.74) is 0.255.